The predicted octanol–water partition coefficient (Wildman–Crippen LogP) is 1.54. The molecule has 1 aliphatic carbocycles. The summed E-state index contributed by atoms with van der Waals surface area (Å²) >= 11 is 0. The Bertz CT molecular complexity index is 214. The third-order valence-electron chi connectivity index (χ3n) is 4.60. The number of hydrogen-bond acceptors (Lipinski definition) is 3. The van der Waals surface area contributed by atoms with Crippen LogP contribution in [0.2, 0.25) is 0 Å². The standard InChI is InChI=1S/C14H29N3/c1-3-16(4-2)11-12-17-10-9-15-13-7-5-6-8-14(13)17/h13-15H,3-12H2,1-2H3/t13-,14+/m1/s1. The van der Waals surface area contributed by atoms with Gasteiger partial charge in [0.25, 0.3) is 0 Å². The molecular weight excluding hydrogens is 210 g/mol. The molecule has 0 radical (unpaired) electrons. The number of likely N-dealkylation sites (N-methyl/N-ethyl adjacent to an activating group) is 1. The summed E-state index contributed by atoms with van der Waals surface area (Å²) in [7, 11) is 0. The van der Waals surface area contributed by atoms with Gasteiger partial charge in [0, 0.05) is 38.3 Å². The second-order valence-electron chi connectivity index (χ2n) is 5.48. The van der Waals surface area contributed by atoms with E-state index in [1.807, 2.05) is 0 Å². The zero-order valence-electron chi connectivity index (χ0n) is 11.6. The minimum absolute atomic E-state index is 0.786. The molecule has 0 aromatic heterocycles. The summed E-state index contributed by atoms with van der Waals surface area (Å²) in [6, 6.07) is 1.61. The van der Waals surface area contributed by atoms with Crippen molar-refractivity contribution in [2.75, 3.05) is 39.3 Å². The lowest BCUT2D eigenvalue weighted by Gasteiger charge is -2.45. The summed E-state index contributed by atoms with van der Waals surface area (Å²) in [5.41, 5.74) is 0. The van der Waals surface area contributed by atoms with Crippen LogP contribution in [0.5, 0.6) is 0 Å². The van der Waals surface area contributed by atoms with Gasteiger partial charge in [-0.3, -0.25) is 4.90 Å². The Kier molecular flexibility index (Phi) is 5.26. The van der Waals surface area contributed by atoms with Crippen molar-refractivity contribution in [3.63, 3.8) is 0 Å². The van der Waals surface area contributed by atoms with E-state index >= 15 is 0 Å². The van der Waals surface area contributed by atoms with E-state index in [2.05, 4.69) is 29.0 Å². The van der Waals surface area contributed by atoms with Gasteiger partial charge < -0.3 is 10.2 Å². The average molecular weight is 239 g/mol. The summed E-state index contributed by atoms with van der Waals surface area (Å²) in [6.45, 7) is 11.9. The number of nitrogens with zero attached hydrogens (tertiary/aromatic N) is 2. The van der Waals surface area contributed by atoms with E-state index in [0.29, 0.717) is 0 Å². The zero-order valence-corrected chi connectivity index (χ0v) is 11.6. The minimum Gasteiger partial charge on any atom is -0.311 e. The van der Waals surface area contributed by atoms with Gasteiger partial charge in [0.1, 0.15) is 0 Å². The van der Waals surface area contributed by atoms with Gasteiger partial charge in [0.2, 0.25) is 0 Å². The van der Waals surface area contributed by atoms with Crippen molar-refractivity contribution in [1.82, 2.24) is 15.1 Å². The van der Waals surface area contributed by atoms with Crippen molar-refractivity contribution < 1.29 is 0 Å². The fourth-order valence-electron chi connectivity index (χ4n) is 3.43. The normalized spacial score (nSPS) is 30.5. The molecule has 2 rings (SSSR count). The van der Waals surface area contributed by atoms with E-state index in [-0.39, 0.29) is 0 Å². The van der Waals surface area contributed by atoms with Crippen LogP contribution < -0.4 is 5.32 Å². The molecule has 0 spiro atoms. The number of piperazine rings is 1. The van der Waals surface area contributed by atoms with Gasteiger partial charge in [-0.25, -0.2) is 0 Å². The SMILES string of the molecule is CCN(CC)CCN1CCN[C@@H]2CCCC[C@@H]21. The molecule has 1 N–H and O–H groups in total. The molecule has 17 heavy (non-hydrogen) atoms. The Morgan fingerprint density at radius 1 is 1.18 bits per heavy atom. The lowest BCUT2D eigenvalue weighted by Crippen LogP contribution is -2.59. The summed E-state index contributed by atoms with van der Waals surface area (Å²) in [4.78, 5) is 5.29. The second kappa shape index (κ2) is 6.72. The van der Waals surface area contributed by atoms with Crippen LogP contribution in [0.3, 0.4) is 0 Å². The average Bonchev–Trinajstić information content (AvgIpc) is 2.40. The van der Waals surface area contributed by atoms with E-state index in [4.69, 9.17) is 0 Å². The highest BCUT2D eigenvalue weighted by Crippen LogP contribution is 2.25. The molecule has 0 aromatic rings. The molecule has 3 heteroatoms. The molecular formula is C14H29N3. The molecule has 0 unspecified atom stereocenters. The van der Waals surface area contributed by atoms with E-state index < -0.39 is 0 Å². The van der Waals surface area contributed by atoms with Crippen molar-refractivity contribution >= 4 is 0 Å². The van der Waals surface area contributed by atoms with Gasteiger partial charge in [-0.05, 0) is 25.9 Å². The van der Waals surface area contributed by atoms with Crippen LogP contribution in [0.15, 0.2) is 0 Å². The van der Waals surface area contributed by atoms with Crippen LogP contribution in [0.1, 0.15) is 39.5 Å². The molecule has 1 saturated heterocycles. The maximum Gasteiger partial charge on any atom is 0.0250 e. The van der Waals surface area contributed by atoms with Crippen LogP contribution >= 0.6 is 0 Å². The highest BCUT2D eigenvalue weighted by atomic mass is 15.3. The number of rotatable bonds is 5. The fraction of sp³-hybridized carbons (Fsp3) is 1.00. The van der Waals surface area contributed by atoms with Gasteiger partial charge in [-0.2, -0.15) is 0 Å². The lowest BCUT2D eigenvalue weighted by atomic mass is 9.87. The quantitative estimate of drug-likeness (QED) is 0.785. The van der Waals surface area contributed by atoms with E-state index in [9.17, 15) is 0 Å². The maximum atomic E-state index is 3.71. The first-order valence-corrected chi connectivity index (χ1v) is 7.55. The number of hydrogen-bond donors (Lipinski definition) is 1. The van der Waals surface area contributed by atoms with Crippen LogP contribution in [0.4, 0.5) is 0 Å². The summed E-state index contributed by atoms with van der Waals surface area (Å²) < 4.78 is 0. The molecule has 2 fully saturated rings. The van der Waals surface area contributed by atoms with Crippen molar-refractivity contribution in [1.29, 1.82) is 0 Å². The largest absolute Gasteiger partial charge is 0.311 e. The number of nitrogens with one attached hydrogen (secondary N) is 1. The molecule has 2 atom stereocenters. The van der Waals surface area contributed by atoms with Crippen LogP contribution in [0.25, 0.3) is 0 Å². The molecule has 100 valence electrons. The first-order valence-electron chi connectivity index (χ1n) is 7.55. The molecule has 2 aliphatic rings. The van der Waals surface area contributed by atoms with Crippen LogP contribution in [0, 0.1) is 0 Å². The fourth-order valence-corrected chi connectivity index (χ4v) is 3.43. The zero-order chi connectivity index (χ0) is 12.1. The molecule has 1 saturated carbocycles. The van der Waals surface area contributed by atoms with E-state index in [1.54, 1.807) is 0 Å². The molecule has 1 aliphatic heterocycles. The smallest absolute Gasteiger partial charge is 0.0250 e. The third-order valence-corrected chi connectivity index (χ3v) is 4.60. The lowest BCUT2D eigenvalue weighted by molar-refractivity contribution is 0.0778. The van der Waals surface area contributed by atoms with Crippen LogP contribution in [-0.2, 0) is 0 Å². The Morgan fingerprint density at radius 3 is 2.71 bits per heavy atom. The predicted molar refractivity (Wildman–Crippen MR) is 73.4 cm³/mol. The Labute approximate surface area is 107 Å². The first-order chi connectivity index (χ1) is 8.35. The molecule has 1 heterocycles. The maximum absolute atomic E-state index is 3.71. The molecule has 0 bridgehead atoms. The summed E-state index contributed by atoms with van der Waals surface area (Å²) in [6.07, 6.45) is 5.67. The molecule has 0 aromatic carbocycles. The Hall–Kier alpha value is -0.120. The number of fused-ring (bicyclic) bond motifs is 1. The highest BCUT2D eigenvalue weighted by Gasteiger charge is 2.32. The monoisotopic (exact) mass is 239 g/mol. The van der Waals surface area contributed by atoms with Gasteiger partial charge in [-0.1, -0.05) is 26.7 Å². The molecule has 0 amide bonds. The Balaban J connectivity index is 1.82. The van der Waals surface area contributed by atoms with Crippen molar-refractivity contribution in [3.8, 4) is 0 Å². The van der Waals surface area contributed by atoms with Crippen molar-refractivity contribution in [2.45, 2.75) is 51.6 Å². The van der Waals surface area contributed by atoms with Gasteiger partial charge in [0.15, 0.2) is 0 Å². The van der Waals surface area contributed by atoms with Gasteiger partial charge >= 0.3 is 0 Å². The van der Waals surface area contributed by atoms with Crippen molar-refractivity contribution in [3.05, 3.63) is 0 Å². The van der Waals surface area contributed by atoms with E-state index in [0.717, 1.165) is 12.1 Å². The third kappa shape index (κ3) is 3.43. The first kappa shape index (κ1) is 13.3. The van der Waals surface area contributed by atoms with Gasteiger partial charge in [0.05, 0.1) is 0 Å². The van der Waals surface area contributed by atoms with Gasteiger partial charge in [-0.15, -0.1) is 0 Å². The highest BCUT2D eigenvalue weighted by molar-refractivity contribution is 4.92. The molecule has 3 nitrogen and oxygen atoms in total. The Morgan fingerprint density at radius 2 is 1.94 bits per heavy atom. The van der Waals surface area contributed by atoms with Crippen molar-refractivity contribution in [2.24, 2.45) is 0 Å². The minimum atomic E-state index is 0.786. The second-order valence-corrected chi connectivity index (χ2v) is 5.48. The summed E-state index contributed by atoms with van der Waals surface area (Å²) in [5, 5.41) is 3.71. The van der Waals surface area contributed by atoms with E-state index in [1.165, 1.54) is 65.0 Å². The van der Waals surface area contributed by atoms with Crippen LogP contribution in [-0.4, -0.2) is 61.2 Å². The topological polar surface area (TPSA) is 18.5 Å². The summed E-state index contributed by atoms with van der Waals surface area (Å²) in [5.74, 6) is 0.